The first-order valence-electron chi connectivity index (χ1n) is 7.02. The first-order chi connectivity index (χ1) is 8.05. The van der Waals surface area contributed by atoms with E-state index in [0.717, 1.165) is 19.3 Å². The summed E-state index contributed by atoms with van der Waals surface area (Å²) in [6.07, 6.45) is 3.80. The molecule has 3 heteroatoms. The highest BCUT2D eigenvalue weighted by Gasteiger charge is 2.33. The third-order valence-electron chi connectivity index (χ3n) is 3.08. The number of hydrogen-bond acceptors (Lipinski definition) is 2. The van der Waals surface area contributed by atoms with Crippen LogP contribution in [0.3, 0.4) is 0 Å². The predicted molar refractivity (Wildman–Crippen MR) is 74.5 cm³/mol. The molecule has 1 aliphatic carbocycles. The molecule has 0 aromatic heterocycles. The first-order valence-corrected chi connectivity index (χ1v) is 7.02. The van der Waals surface area contributed by atoms with Gasteiger partial charge in [0.25, 0.3) is 0 Å². The average molecular weight is 255 g/mol. The van der Waals surface area contributed by atoms with Crippen LogP contribution in [0.5, 0.6) is 0 Å². The van der Waals surface area contributed by atoms with Gasteiger partial charge in [0.1, 0.15) is 0 Å². The molecule has 0 radical (unpaired) electrons. The Morgan fingerprint density at radius 2 is 1.72 bits per heavy atom. The molecule has 0 spiro atoms. The summed E-state index contributed by atoms with van der Waals surface area (Å²) in [5, 5.41) is 3.09. The van der Waals surface area contributed by atoms with Gasteiger partial charge in [-0.1, -0.05) is 20.8 Å². The van der Waals surface area contributed by atoms with E-state index in [9.17, 15) is 4.79 Å². The van der Waals surface area contributed by atoms with E-state index >= 15 is 0 Å². The largest absolute Gasteiger partial charge is 0.372 e. The molecule has 1 saturated carbocycles. The summed E-state index contributed by atoms with van der Waals surface area (Å²) < 4.78 is 5.85. The van der Waals surface area contributed by atoms with Crippen LogP contribution in [0.15, 0.2) is 0 Å². The Balaban J connectivity index is 2.14. The zero-order valence-corrected chi connectivity index (χ0v) is 12.8. The second-order valence-corrected chi connectivity index (χ2v) is 7.65. The van der Waals surface area contributed by atoms with Gasteiger partial charge in [-0.25, -0.2) is 0 Å². The van der Waals surface area contributed by atoms with Crippen LogP contribution in [0, 0.1) is 5.41 Å². The molecule has 1 rings (SSSR count). The molecule has 0 aromatic rings. The number of nitrogens with one attached hydrogen (secondary N) is 1. The predicted octanol–water partition coefficient (Wildman–Crippen LogP) is 3.28. The minimum Gasteiger partial charge on any atom is -0.372 e. The smallest absolute Gasteiger partial charge is 0.220 e. The Labute approximate surface area is 112 Å². The molecule has 0 heterocycles. The van der Waals surface area contributed by atoms with Crippen LogP contribution in [0.1, 0.15) is 67.2 Å². The van der Waals surface area contributed by atoms with E-state index in [1.165, 1.54) is 0 Å². The van der Waals surface area contributed by atoms with Crippen molar-refractivity contribution >= 4 is 5.91 Å². The summed E-state index contributed by atoms with van der Waals surface area (Å²) in [6, 6.07) is 0.324. The van der Waals surface area contributed by atoms with Crippen molar-refractivity contribution in [1.29, 1.82) is 0 Å². The van der Waals surface area contributed by atoms with Crippen molar-refractivity contribution in [3.05, 3.63) is 0 Å². The number of hydrogen-bond donors (Lipinski definition) is 1. The van der Waals surface area contributed by atoms with Crippen molar-refractivity contribution in [3.8, 4) is 0 Å². The van der Waals surface area contributed by atoms with E-state index in [0.29, 0.717) is 18.6 Å². The zero-order chi connectivity index (χ0) is 14.0. The van der Waals surface area contributed by atoms with Crippen molar-refractivity contribution < 1.29 is 9.53 Å². The van der Waals surface area contributed by atoms with Crippen LogP contribution >= 0.6 is 0 Å². The third-order valence-corrected chi connectivity index (χ3v) is 3.08. The monoisotopic (exact) mass is 255 g/mol. The molecular weight excluding hydrogens is 226 g/mol. The molecular formula is C15H29NO2. The summed E-state index contributed by atoms with van der Waals surface area (Å²) in [5.74, 6) is 0.184. The molecule has 0 bridgehead atoms. The summed E-state index contributed by atoms with van der Waals surface area (Å²) in [5.41, 5.74) is 0.153. The molecule has 0 aliphatic heterocycles. The highest BCUT2D eigenvalue weighted by molar-refractivity contribution is 5.76. The Morgan fingerprint density at radius 3 is 2.17 bits per heavy atom. The molecule has 1 N–H and O–H groups in total. The Morgan fingerprint density at radius 1 is 1.17 bits per heavy atom. The van der Waals surface area contributed by atoms with Crippen molar-refractivity contribution in [2.24, 2.45) is 5.41 Å². The molecule has 3 nitrogen and oxygen atoms in total. The van der Waals surface area contributed by atoms with Crippen molar-refractivity contribution in [2.75, 3.05) is 0 Å². The highest BCUT2D eigenvalue weighted by Crippen LogP contribution is 2.28. The normalized spacial score (nSPS) is 24.6. The Hall–Kier alpha value is -0.570. The van der Waals surface area contributed by atoms with E-state index in [1.807, 2.05) is 0 Å². The summed E-state index contributed by atoms with van der Waals surface area (Å²) in [7, 11) is 0. The third kappa shape index (κ3) is 6.39. The van der Waals surface area contributed by atoms with Crippen LogP contribution in [-0.2, 0) is 9.53 Å². The molecule has 0 atom stereocenters. The Kier molecular flexibility index (Phi) is 4.82. The van der Waals surface area contributed by atoms with Gasteiger partial charge in [-0.3, -0.25) is 4.79 Å². The van der Waals surface area contributed by atoms with Crippen LogP contribution in [0.2, 0.25) is 0 Å². The maximum absolute atomic E-state index is 11.7. The van der Waals surface area contributed by atoms with Crippen molar-refractivity contribution in [3.63, 3.8) is 0 Å². The SMILES string of the molecule is CC(C)(C)CCC(=O)NC1CC(OC(C)(C)C)C1. The van der Waals surface area contributed by atoms with Gasteiger partial charge in [0.05, 0.1) is 11.7 Å². The summed E-state index contributed by atoms with van der Waals surface area (Å²) >= 11 is 0. The first kappa shape index (κ1) is 15.5. The molecule has 1 amide bonds. The van der Waals surface area contributed by atoms with Gasteiger partial charge in [-0.2, -0.15) is 0 Å². The molecule has 1 fully saturated rings. The lowest BCUT2D eigenvalue weighted by Gasteiger charge is -2.39. The number of carbonyl (C=O) groups is 1. The van der Waals surface area contributed by atoms with E-state index in [-0.39, 0.29) is 16.9 Å². The topological polar surface area (TPSA) is 38.3 Å². The standard InChI is InChI=1S/C15H29NO2/c1-14(2,3)8-7-13(17)16-11-9-12(10-11)18-15(4,5)6/h11-12H,7-10H2,1-6H3,(H,16,17). The van der Waals surface area contributed by atoms with E-state index < -0.39 is 0 Å². The molecule has 0 unspecified atom stereocenters. The lowest BCUT2D eigenvalue weighted by atomic mass is 9.87. The minimum absolute atomic E-state index is 0.0775. The summed E-state index contributed by atoms with van der Waals surface area (Å²) in [6.45, 7) is 12.7. The van der Waals surface area contributed by atoms with Crippen LogP contribution < -0.4 is 5.32 Å². The minimum atomic E-state index is -0.0775. The van der Waals surface area contributed by atoms with Gasteiger partial charge in [0.15, 0.2) is 0 Å². The molecule has 0 saturated heterocycles. The number of carbonyl (C=O) groups excluding carboxylic acids is 1. The van der Waals surface area contributed by atoms with E-state index in [1.54, 1.807) is 0 Å². The van der Waals surface area contributed by atoms with Gasteiger partial charge in [0, 0.05) is 12.5 Å². The van der Waals surface area contributed by atoms with Gasteiger partial charge in [-0.15, -0.1) is 0 Å². The number of ether oxygens (including phenoxy) is 1. The fraction of sp³-hybridized carbons (Fsp3) is 0.933. The average Bonchev–Trinajstić information content (AvgIpc) is 2.08. The van der Waals surface area contributed by atoms with Gasteiger partial charge in [-0.05, 0) is 45.4 Å². The lowest BCUT2D eigenvalue weighted by molar-refractivity contribution is -0.128. The molecule has 1 aliphatic rings. The highest BCUT2D eigenvalue weighted by atomic mass is 16.5. The number of amides is 1. The van der Waals surface area contributed by atoms with E-state index in [4.69, 9.17) is 4.74 Å². The maximum atomic E-state index is 11.7. The number of rotatable bonds is 4. The van der Waals surface area contributed by atoms with Gasteiger partial charge >= 0.3 is 0 Å². The lowest BCUT2D eigenvalue weighted by Crippen LogP contribution is -2.49. The fourth-order valence-corrected chi connectivity index (χ4v) is 2.07. The fourth-order valence-electron chi connectivity index (χ4n) is 2.07. The van der Waals surface area contributed by atoms with Crippen molar-refractivity contribution in [2.45, 2.75) is 85.0 Å². The van der Waals surface area contributed by atoms with Crippen LogP contribution in [-0.4, -0.2) is 23.7 Å². The van der Waals surface area contributed by atoms with Gasteiger partial charge in [0.2, 0.25) is 5.91 Å². The van der Waals surface area contributed by atoms with E-state index in [2.05, 4.69) is 46.9 Å². The van der Waals surface area contributed by atoms with Gasteiger partial charge < -0.3 is 10.1 Å². The quantitative estimate of drug-likeness (QED) is 0.837. The Bertz CT molecular complexity index is 280. The second kappa shape index (κ2) is 5.60. The zero-order valence-electron chi connectivity index (χ0n) is 12.8. The second-order valence-electron chi connectivity index (χ2n) is 7.65. The maximum Gasteiger partial charge on any atom is 0.220 e. The molecule has 18 heavy (non-hydrogen) atoms. The van der Waals surface area contributed by atoms with Crippen LogP contribution in [0.4, 0.5) is 0 Å². The summed E-state index contributed by atoms with van der Waals surface area (Å²) in [4.78, 5) is 11.7. The van der Waals surface area contributed by atoms with Crippen LogP contribution in [0.25, 0.3) is 0 Å². The molecule has 0 aromatic carbocycles. The van der Waals surface area contributed by atoms with Crippen molar-refractivity contribution in [1.82, 2.24) is 5.32 Å². The molecule has 106 valence electrons.